The summed E-state index contributed by atoms with van der Waals surface area (Å²) in [6.07, 6.45) is 0. The standard InChI is InChI=1S/C15H12BrN3O2S2/c1-9-2-4-10(5-3-9)22-8-13(20)17-15-19-18-14(21-15)11-6-7-12(16)23-11/h2-7H,8H2,1H3,(H,17,19,20). The number of halogens is 1. The van der Waals surface area contributed by atoms with Crippen LogP contribution in [0.3, 0.4) is 0 Å². The van der Waals surface area contributed by atoms with Crippen molar-refractivity contribution in [3.8, 4) is 10.8 Å². The summed E-state index contributed by atoms with van der Waals surface area (Å²) < 4.78 is 6.43. The quantitative estimate of drug-likeness (QED) is 0.623. The molecule has 0 bridgehead atoms. The van der Waals surface area contributed by atoms with E-state index in [4.69, 9.17) is 4.42 Å². The first-order valence-electron chi connectivity index (χ1n) is 6.69. The summed E-state index contributed by atoms with van der Waals surface area (Å²) in [5.74, 6) is 0.492. The molecule has 0 unspecified atom stereocenters. The molecule has 0 aliphatic heterocycles. The Morgan fingerprint density at radius 2 is 2.04 bits per heavy atom. The zero-order chi connectivity index (χ0) is 16.2. The highest BCUT2D eigenvalue weighted by atomic mass is 79.9. The van der Waals surface area contributed by atoms with E-state index < -0.39 is 0 Å². The fraction of sp³-hybridized carbons (Fsp3) is 0.133. The van der Waals surface area contributed by atoms with Crippen LogP contribution in [0.15, 0.2) is 49.5 Å². The third-order valence-corrected chi connectivity index (χ3v) is 5.47. The van der Waals surface area contributed by atoms with Crippen molar-refractivity contribution in [2.75, 3.05) is 11.1 Å². The highest BCUT2D eigenvalue weighted by molar-refractivity contribution is 9.11. The Bertz CT molecular complexity index is 814. The van der Waals surface area contributed by atoms with E-state index >= 15 is 0 Å². The van der Waals surface area contributed by atoms with Crippen molar-refractivity contribution < 1.29 is 9.21 Å². The summed E-state index contributed by atoms with van der Waals surface area (Å²) in [6, 6.07) is 11.9. The molecule has 1 N–H and O–H groups in total. The molecule has 2 heterocycles. The van der Waals surface area contributed by atoms with Gasteiger partial charge in [0.1, 0.15) is 0 Å². The second kappa shape index (κ2) is 7.29. The maximum absolute atomic E-state index is 11.9. The third kappa shape index (κ3) is 4.43. The number of thiophene rings is 1. The number of thioether (sulfide) groups is 1. The molecule has 0 saturated heterocycles. The number of aryl methyl sites for hydroxylation is 1. The summed E-state index contributed by atoms with van der Waals surface area (Å²) >= 11 is 6.32. The van der Waals surface area contributed by atoms with Gasteiger partial charge in [-0.2, -0.15) is 0 Å². The van der Waals surface area contributed by atoms with Gasteiger partial charge in [-0.3, -0.25) is 10.1 Å². The van der Waals surface area contributed by atoms with Crippen molar-refractivity contribution in [2.24, 2.45) is 0 Å². The number of rotatable bonds is 5. The van der Waals surface area contributed by atoms with Crippen molar-refractivity contribution in [1.82, 2.24) is 10.2 Å². The number of amides is 1. The van der Waals surface area contributed by atoms with Crippen LogP contribution < -0.4 is 5.32 Å². The molecule has 0 radical (unpaired) electrons. The Hall–Kier alpha value is -1.64. The van der Waals surface area contributed by atoms with Crippen LogP contribution in [0.1, 0.15) is 5.56 Å². The molecule has 5 nitrogen and oxygen atoms in total. The molecule has 118 valence electrons. The SMILES string of the molecule is Cc1ccc(SCC(=O)Nc2nnc(-c3ccc(Br)s3)o2)cc1. The highest BCUT2D eigenvalue weighted by Gasteiger charge is 2.13. The van der Waals surface area contributed by atoms with Crippen LogP contribution in [-0.4, -0.2) is 21.9 Å². The molecular weight excluding hydrogens is 398 g/mol. The largest absolute Gasteiger partial charge is 0.402 e. The lowest BCUT2D eigenvalue weighted by molar-refractivity contribution is -0.113. The van der Waals surface area contributed by atoms with E-state index in [9.17, 15) is 4.79 Å². The first-order chi connectivity index (χ1) is 11.1. The molecule has 1 aromatic carbocycles. The molecule has 0 aliphatic rings. The zero-order valence-electron chi connectivity index (χ0n) is 12.1. The van der Waals surface area contributed by atoms with Crippen LogP contribution >= 0.6 is 39.0 Å². The maximum Gasteiger partial charge on any atom is 0.322 e. The van der Waals surface area contributed by atoms with E-state index in [0.717, 1.165) is 13.6 Å². The number of hydrogen-bond acceptors (Lipinski definition) is 6. The van der Waals surface area contributed by atoms with Crippen LogP contribution in [0, 0.1) is 6.92 Å². The summed E-state index contributed by atoms with van der Waals surface area (Å²) in [6.45, 7) is 2.03. The molecule has 1 amide bonds. The molecule has 0 spiro atoms. The fourth-order valence-corrected chi connectivity index (χ4v) is 3.75. The van der Waals surface area contributed by atoms with Crippen LogP contribution in [0.4, 0.5) is 6.01 Å². The lowest BCUT2D eigenvalue weighted by Crippen LogP contribution is -2.14. The van der Waals surface area contributed by atoms with Crippen LogP contribution in [-0.2, 0) is 4.79 Å². The number of hydrogen-bond donors (Lipinski definition) is 1. The Labute approximate surface area is 149 Å². The number of anilines is 1. The van der Waals surface area contributed by atoms with Crippen molar-refractivity contribution in [3.63, 3.8) is 0 Å². The molecule has 0 aliphatic carbocycles. The average Bonchev–Trinajstić information content (AvgIpc) is 3.16. The number of carbonyl (C=O) groups excluding carboxylic acids is 1. The molecule has 0 fully saturated rings. The monoisotopic (exact) mass is 409 g/mol. The van der Waals surface area contributed by atoms with Gasteiger partial charge in [0, 0.05) is 4.90 Å². The number of nitrogens with one attached hydrogen (secondary N) is 1. The Balaban J connectivity index is 1.56. The summed E-state index contributed by atoms with van der Waals surface area (Å²) in [7, 11) is 0. The molecular formula is C15H12BrN3O2S2. The van der Waals surface area contributed by atoms with Gasteiger partial charge in [0.2, 0.25) is 5.91 Å². The molecule has 0 saturated carbocycles. The van der Waals surface area contributed by atoms with Crippen LogP contribution in [0.25, 0.3) is 10.8 Å². The lowest BCUT2D eigenvalue weighted by Gasteiger charge is -2.01. The van der Waals surface area contributed by atoms with Crippen molar-refractivity contribution in [2.45, 2.75) is 11.8 Å². The van der Waals surface area contributed by atoms with E-state index in [-0.39, 0.29) is 17.7 Å². The van der Waals surface area contributed by atoms with Gasteiger partial charge >= 0.3 is 6.01 Å². The molecule has 23 heavy (non-hydrogen) atoms. The topological polar surface area (TPSA) is 68.0 Å². The average molecular weight is 410 g/mol. The normalized spacial score (nSPS) is 10.7. The molecule has 8 heteroatoms. The number of aromatic nitrogens is 2. The van der Waals surface area contributed by atoms with Crippen molar-refractivity contribution in [1.29, 1.82) is 0 Å². The fourth-order valence-electron chi connectivity index (χ4n) is 1.74. The lowest BCUT2D eigenvalue weighted by atomic mass is 10.2. The smallest absolute Gasteiger partial charge is 0.322 e. The van der Waals surface area contributed by atoms with E-state index in [0.29, 0.717) is 5.89 Å². The molecule has 2 aromatic heterocycles. The van der Waals surface area contributed by atoms with Gasteiger partial charge < -0.3 is 4.42 Å². The van der Waals surface area contributed by atoms with Crippen LogP contribution in [0.5, 0.6) is 0 Å². The van der Waals surface area contributed by atoms with E-state index in [1.54, 1.807) is 0 Å². The van der Waals surface area contributed by atoms with Gasteiger partial charge in [-0.25, -0.2) is 0 Å². The Morgan fingerprint density at radius 1 is 1.26 bits per heavy atom. The number of benzene rings is 1. The Morgan fingerprint density at radius 3 is 2.74 bits per heavy atom. The van der Waals surface area contributed by atoms with E-state index in [2.05, 4.69) is 31.4 Å². The summed E-state index contributed by atoms with van der Waals surface area (Å²) in [5.41, 5.74) is 1.19. The van der Waals surface area contributed by atoms with Gasteiger partial charge in [-0.1, -0.05) is 22.8 Å². The van der Waals surface area contributed by atoms with Gasteiger partial charge in [0.05, 0.1) is 14.4 Å². The van der Waals surface area contributed by atoms with Gasteiger partial charge in [0.25, 0.3) is 5.89 Å². The first-order valence-corrected chi connectivity index (χ1v) is 9.28. The molecule has 3 rings (SSSR count). The third-order valence-electron chi connectivity index (χ3n) is 2.85. The zero-order valence-corrected chi connectivity index (χ0v) is 15.3. The van der Waals surface area contributed by atoms with Crippen LogP contribution in [0.2, 0.25) is 0 Å². The van der Waals surface area contributed by atoms with Gasteiger partial charge in [-0.05, 0) is 47.1 Å². The predicted molar refractivity (Wildman–Crippen MR) is 95.8 cm³/mol. The minimum atomic E-state index is -0.182. The minimum absolute atomic E-state index is 0.110. The highest BCUT2D eigenvalue weighted by Crippen LogP contribution is 2.31. The maximum atomic E-state index is 11.9. The number of carbonyl (C=O) groups is 1. The van der Waals surface area contributed by atoms with Crippen molar-refractivity contribution in [3.05, 3.63) is 45.7 Å². The molecule has 0 atom stereocenters. The second-order valence-electron chi connectivity index (χ2n) is 4.67. The first kappa shape index (κ1) is 16.2. The minimum Gasteiger partial charge on any atom is -0.402 e. The van der Waals surface area contributed by atoms with E-state index in [1.807, 2.05) is 43.3 Å². The summed E-state index contributed by atoms with van der Waals surface area (Å²) in [4.78, 5) is 13.8. The second-order valence-corrected chi connectivity index (χ2v) is 8.18. The summed E-state index contributed by atoms with van der Waals surface area (Å²) in [5, 5.41) is 10.4. The van der Waals surface area contributed by atoms with E-state index in [1.165, 1.54) is 28.7 Å². The van der Waals surface area contributed by atoms with Gasteiger partial charge in [0.15, 0.2) is 0 Å². The predicted octanol–water partition coefficient (Wildman–Crippen LogP) is 4.60. The van der Waals surface area contributed by atoms with Crippen molar-refractivity contribution >= 4 is 51.0 Å². The van der Waals surface area contributed by atoms with Gasteiger partial charge in [-0.15, -0.1) is 28.2 Å². The number of nitrogens with zero attached hydrogens (tertiary/aromatic N) is 2. The molecule has 3 aromatic rings. The Kier molecular flexibility index (Phi) is 5.14.